The van der Waals surface area contributed by atoms with E-state index >= 15 is 0 Å². The van der Waals surface area contributed by atoms with E-state index in [9.17, 15) is 4.79 Å². The average Bonchev–Trinajstić information content (AvgIpc) is 3.26. The van der Waals surface area contributed by atoms with E-state index in [2.05, 4.69) is 39.5 Å². The largest absolute Gasteiger partial charge is 0.346 e. The van der Waals surface area contributed by atoms with Gasteiger partial charge < -0.3 is 20.5 Å². The monoisotopic (exact) mass is 412 g/mol. The molecule has 4 heterocycles. The number of nitrogens with one attached hydrogen (secondary N) is 3. The summed E-state index contributed by atoms with van der Waals surface area (Å²) in [5.41, 5.74) is 5.23. The van der Waals surface area contributed by atoms with E-state index in [1.807, 2.05) is 31.0 Å². The Kier molecular flexibility index (Phi) is 6.29. The van der Waals surface area contributed by atoms with Gasteiger partial charge in [-0.2, -0.15) is 5.10 Å². The molecule has 0 radical (unpaired) electrons. The Morgan fingerprint density at radius 1 is 1.23 bits per heavy atom. The van der Waals surface area contributed by atoms with Gasteiger partial charge in [-0.25, -0.2) is 0 Å². The van der Waals surface area contributed by atoms with Crippen molar-refractivity contribution >= 4 is 5.91 Å². The molecule has 2 aliphatic rings. The number of hydrogen-bond donors (Lipinski definition) is 3. The maximum Gasteiger partial charge on any atom is 0.268 e. The molecule has 30 heavy (non-hydrogen) atoms. The van der Waals surface area contributed by atoms with Crippen molar-refractivity contribution in [3.05, 3.63) is 29.2 Å². The number of carbonyl (C=O) groups excluding carboxylic acids is 1. The van der Waals surface area contributed by atoms with Crippen LogP contribution in [-0.2, 0) is 20.5 Å². The third kappa shape index (κ3) is 3.93. The number of amides is 1. The number of hydrogen-bond acceptors (Lipinski definition) is 4. The Hall–Kier alpha value is -2.12. The van der Waals surface area contributed by atoms with Gasteiger partial charge in [-0.1, -0.05) is 6.92 Å². The van der Waals surface area contributed by atoms with E-state index < -0.39 is 0 Å². The Morgan fingerprint density at radius 3 is 2.70 bits per heavy atom. The summed E-state index contributed by atoms with van der Waals surface area (Å²) in [6.07, 6.45) is 6.38. The molecule has 2 aromatic heterocycles. The summed E-state index contributed by atoms with van der Waals surface area (Å²) in [6, 6.07) is 2.23. The van der Waals surface area contributed by atoms with Gasteiger partial charge in [-0.15, -0.1) is 0 Å². The summed E-state index contributed by atoms with van der Waals surface area (Å²) in [7, 11) is 3.97. The van der Waals surface area contributed by atoms with Crippen LogP contribution in [0.1, 0.15) is 47.9 Å². The van der Waals surface area contributed by atoms with Crippen LogP contribution in [0.15, 0.2) is 12.3 Å². The lowest BCUT2D eigenvalue weighted by Crippen LogP contribution is -2.55. The first-order chi connectivity index (χ1) is 14.5. The number of aryl methyl sites for hydroxylation is 2. The van der Waals surface area contributed by atoms with Crippen LogP contribution in [0.3, 0.4) is 0 Å². The molecule has 0 aromatic carbocycles. The van der Waals surface area contributed by atoms with Crippen LogP contribution in [0.2, 0.25) is 0 Å². The normalized spacial score (nSPS) is 24.7. The highest BCUT2D eigenvalue weighted by molar-refractivity contribution is 5.95. The number of nitrogens with zero attached hydrogens (tertiary/aromatic N) is 3. The molecule has 4 rings (SSSR count). The predicted molar refractivity (Wildman–Crippen MR) is 120 cm³/mol. The second-order valence-corrected chi connectivity index (χ2v) is 8.95. The van der Waals surface area contributed by atoms with Crippen LogP contribution in [0, 0.1) is 18.8 Å². The molecule has 3 atom stereocenters. The average molecular weight is 413 g/mol. The van der Waals surface area contributed by atoms with Crippen LogP contribution >= 0.6 is 0 Å². The molecule has 0 bridgehead atoms. The van der Waals surface area contributed by atoms with E-state index in [1.165, 1.54) is 18.5 Å². The minimum atomic E-state index is 0.0285. The van der Waals surface area contributed by atoms with Crippen LogP contribution in [0.5, 0.6) is 0 Å². The summed E-state index contributed by atoms with van der Waals surface area (Å²) >= 11 is 0. The van der Waals surface area contributed by atoms with Crippen molar-refractivity contribution in [2.45, 2.75) is 45.6 Å². The lowest BCUT2D eigenvalue weighted by molar-refractivity contribution is 0.0870. The summed E-state index contributed by atoms with van der Waals surface area (Å²) in [5.74, 6) is 1.21. The quantitative estimate of drug-likeness (QED) is 0.702. The molecule has 2 aromatic rings. The lowest BCUT2D eigenvalue weighted by atomic mass is 9.77. The molecule has 0 saturated carbocycles. The Balaban J connectivity index is 1.58. The molecule has 2 aliphatic heterocycles. The molecule has 2 saturated heterocycles. The summed E-state index contributed by atoms with van der Waals surface area (Å²) in [4.78, 5) is 13.4. The SMILES string of the molecule is CCc1c(-c2c(C)cnn2C)cc(C(=O)N[C@H]2CNCC[C@@H]2C2CCCNC2)n1C. The van der Waals surface area contributed by atoms with Gasteiger partial charge in [0.2, 0.25) is 0 Å². The van der Waals surface area contributed by atoms with Gasteiger partial charge in [0, 0.05) is 37.9 Å². The zero-order valence-corrected chi connectivity index (χ0v) is 18.8. The highest BCUT2D eigenvalue weighted by Crippen LogP contribution is 2.31. The number of carbonyl (C=O) groups is 1. The van der Waals surface area contributed by atoms with Crippen LogP contribution in [0.4, 0.5) is 0 Å². The van der Waals surface area contributed by atoms with Crippen molar-refractivity contribution in [3.63, 3.8) is 0 Å². The number of piperidine rings is 2. The molecule has 3 N–H and O–H groups in total. The molecule has 164 valence electrons. The van der Waals surface area contributed by atoms with Gasteiger partial charge in [0.15, 0.2) is 0 Å². The molecular weight excluding hydrogens is 376 g/mol. The lowest BCUT2D eigenvalue weighted by Gasteiger charge is -2.39. The fourth-order valence-corrected chi connectivity index (χ4v) is 5.52. The Morgan fingerprint density at radius 2 is 2.03 bits per heavy atom. The maximum atomic E-state index is 13.4. The summed E-state index contributed by atoms with van der Waals surface area (Å²) in [6.45, 7) is 8.31. The standard InChI is InChI=1S/C23H36N6O/c1-5-20-18(22-15(2)12-26-29(22)4)11-21(28(20)3)23(30)27-19-14-25-10-8-17(19)16-7-6-9-24-13-16/h11-12,16-17,19,24-25H,5-10,13-14H2,1-4H3,(H,27,30)/t16?,17-,19+/m1/s1. The minimum Gasteiger partial charge on any atom is -0.346 e. The zero-order valence-electron chi connectivity index (χ0n) is 18.8. The highest BCUT2D eigenvalue weighted by Gasteiger charge is 2.34. The molecule has 7 heteroatoms. The third-order valence-corrected chi connectivity index (χ3v) is 7.10. The van der Waals surface area contributed by atoms with Crippen molar-refractivity contribution in [2.24, 2.45) is 25.9 Å². The zero-order chi connectivity index (χ0) is 21.3. The second-order valence-electron chi connectivity index (χ2n) is 8.95. The van der Waals surface area contributed by atoms with E-state index in [4.69, 9.17) is 0 Å². The summed E-state index contributed by atoms with van der Waals surface area (Å²) < 4.78 is 3.97. The first-order valence-corrected chi connectivity index (χ1v) is 11.4. The number of rotatable bonds is 5. The van der Waals surface area contributed by atoms with E-state index in [0.29, 0.717) is 11.8 Å². The highest BCUT2D eigenvalue weighted by atomic mass is 16.2. The van der Waals surface area contributed by atoms with Crippen LogP contribution in [0.25, 0.3) is 11.3 Å². The van der Waals surface area contributed by atoms with Crippen molar-refractivity contribution in [2.75, 3.05) is 26.2 Å². The number of aromatic nitrogens is 3. The van der Waals surface area contributed by atoms with Crippen molar-refractivity contribution < 1.29 is 4.79 Å². The third-order valence-electron chi connectivity index (χ3n) is 7.10. The first kappa shape index (κ1) is 21.1. The molecule has 7 nitrogen and oxygen atoms in total. The second kappa shape index (κ2) is 8.94. The maximum absolute atomic E-state index is 13.4. The fraction of sp³-hybridized carbons (Fsp3) is 0.652. The molecule has 2 fully saturated rings. The molecule has 1 amide bonds. The fourth-order valence-electron chi connectivity index (χ4n) is 5.52. The van der Waals surface area contributed by atoms with Gasteiger partial charge in [-0.3, -0.25) is 9.48 Å². The molecule has 0 spiro atoms. The summed E-state index contributed by atoms with van der Waals surface area (Å²) in [5, 5.41) is 14.8. The van der Waals surface area contributed by atoms with E-state index in [-0.39, 0.29) is 11.9 Å². The van der Waals surface area contributed by atoms with Crippen molar-refractivity contribution in [3.8, 4) is 11.3 Å². The molecular formula is C23H36N6O. The minimum absolute atomic E-state index is 0.0285. The van der Waals surface area contributed by atoms with Gasteiger partial charge in [0.1, 0.15) is 5.69 Å². The van der Waals surface area contributed by atoms with Gasteiger partial charge in [0.05, 0.1) is 11.9 Å². The van der Waals surface area contributed by atoms with E-state index in [1.54, 1.807) is 0 Å². The van der Waals surface area contributed by atoms with E-state index in [0.717, 1.165) is 61.5 Å². The van der Waals surface area contributed by atoms with Crippen molar-refractivity contribution in [1.29, 1.82) is 0 Å². The smallest absolute Gasteiger partial charge is 0.268 e. The van der Waals surface area contributed by atoms with Crippen LogP contribution in [-0.4, -0.2) is 52.5 Å². The van der Waals surface area contributed by atoms with Gasteiger partial charge in [-0.05, 0) is 75.7 Å². The topological polar surface area (TPSA) is 75.9 Å². The van der Waals surface area contributed by atoms with Crippen LogP contribution < -0.4 is 16.0 Å². The predicted octanol–water partition coefficient (Wildman–Crippen LogP) is 2.00. The van der Waals surface area contributed by atoms with Gasteiger partial charge in [0.25, 0.3) is 5.91 Å². The van der Waals surface area contributed by atoms with Gasteiger partial charge >= 0.3 is 0 Å². The Bertz CT molecular complexity index is 872. The molecule has 1 unspecified atom stereocenters. The molecule has 0 aliphatic carbocycles. The van der Waals surface area contributed by atoms with Crippen molar-refractivity contribution in [1.82, 2.24) is 30.3 Å². The first-order valence-electron chi connectivity index (χ1n) is 11.4. The Labute approximate surface area is 179 Å².